The Morgan fingerprint density at radius 2 is 1.73 bits per heavy atom. The number of rotatable bonds is 3. The van der Waals surface area contributed by atoms with E-state index in [2.05, 4.69) is 0 Å². The van der Waals surface area contributed by atoms with Crippen LogP contribution in [0.15, 0.2) is 30.3 Å². The monoisotopic (exact) mass is 207 g/mol. The third kappa shape index (κ3) is 2.56. The van der Waals surface area contributed by atoms with Crippen molar-refractivity contribution in [2.75, 3.05) is 14.1 Å². The zero-order chi connectivity index (χ0) is 11.4. The maximum Gasteiger partial charge on any atom is 0.320 e. The topological polar surface area (TPSA) is 57.6 Å². The van der Waals surface area contributed by atoms with E-state index in [1.807, 2.05) is 0 Å². The summed E-state index contributed by atoms with van der Waals surface area (Å²) in [4.78, 5) is 23.9. The summed E-state index contributed by atoms with van der Waals surface area (Å²) < 4.78 is 0. The van der Waals surface area contributed by atoms with Crippen molar-refractivity contribution in [1.82, 2.24) is 4.90 Å². The van der Waals surface area contributed by atoms with Crippen LogP contribution in [-0.4, -0.2) is 36.0 Å². The van der Waals surface area contributed by atoms with Crippen LogP contribution in [0.3, 0.4) is 0 Å². The fourth-order valence-corrected chi connectivity index (χ4v) is 1.29. The number of benzene rings is 1. The number of aliphatic carboxylic acids is 1. The van der Waals surface area contributed by atoms with Crippen LogP contribution >= 0.6 is 0 Å². The van der Waals surface area contributed by atoms with Crippen LogP contribution < -0.4 is 0 Å². The van der Waals surface area contributed by atoms with Crippen LogP contribution in [-0.2, 0) is 9.59 Å². The van der Waals surface area contributed by atoms with Gasteiger partial charge in [0.1, 0.15) is 0 Å². The molecule has 4 nitrogen and oxygen atoms in total. The first-order valence-electron chi connectivity index (χ1n) is 4.53. The lowest BCUT2D eigenvalue weighted by molar-refractivity contribution is -0.145. The van der Waals surface area contributed by atoms with Crippen molar-refractivity contribution in [2.24, 2.45) is 0 Å². The van der Waals surface area contributed by atoms with Gasteiger partial charge in [0.25, 0.3) is 0 Å². The SMILES string of the molecule is CN(C)C(=O)[C@H](C(=O)O)c1ccccc1. The van der Waals surface area contributed by atoms with Crippen LogP contribution in [0.1, 0.15) is 11.5 Å². The Bertz CT molecular complexity index is 359. The van der Waals surface area contributed by atoms with Gasteiger partial charge in [0.05, 0.1) is 0 Å². The normalized spacial score (nSPS) is 11.9. The highest BCUT2D eigenvalue weighted by atomic mass is 16.4. The van der Waals surface area contributed by atoms with E-state index in [1.165, 1.54) is 4.90 Å². The smallest absolute Gasteiger partial charge is 0.320 e. The molecule has 0 aromatic heterocycles. The molecule has 1 aromatic carbocycles. The van der Waals surface area contributed by atoms with Crippen molar-refractivity contribution in [3.63, 3.8) is 0 Å². The molecule has 80 valence electrons. The molecule has 0 unspecified atom stereocenters. The lowest BCUT2D eigenvalue weighted by atomic mass is 9.98. The first kappa shape index (κ1) is 11.2. The summed E-state index contributed by atoms with van der Waals surface area (Å²) in [6.45, 7) is 0. The minimum atomic E-state index is -1.13. The molecule has 0 aliphatic heterocycles. The van der Waals surface area contributed by atoms with Crippen molar-refractivity contribution < 1.29 is 14.7 Å². The van der Waals surface area contributed by atoms with E-state index in [4.69, 9.17) is 5.11 Å². The second-order valence-electron chi connectivity index (χ2n) is 3.41. The van der Waals surface area contributed by atoms with Crippen LogP contribution in [0.4, 0.5) is 0 Å². The Morgan fingerprint density at radius 3 is 2.13 bits per heavy atom. The van der Waals surface area contributed by atoms with Gasteiger partial charge in [-0.05, 0) is 5.56 Å². The maximum atomic E-state index is 11.6. The molecule has 0 fully saturated rings. The number of carbonyl (C=O) groups is 2. The highest BCUT2D eigenvalue weighted by Gasteiger charge is 2.29. The Kier molecular flexibility index (Phi) is 3.44. The fraction of sp³-hybridized carbons (Fsp3) is 0.273. The number of likely N-dealkylation sites (N-methyl/N-ethyl adjacent to an activating group) is 1. The zero-order valence-corrected chi connectivity index (χ0v) is 8.68. The number of hydrogen-bond acceptors (Lipinski definition) is 2. The van der Waals surface area contributed by atoms with Gasteiger partial charge in [0.2, 0.25) is 5.91 Å². The van der Waals surface area contributed by atoms with Crippen molar-refractivity contribution >= 4 is 11.9 Å². The zero-order valence-electron chi connectivity index (χ0n) is 8.68. The van der Waals surface area contributed by atoms with Gasteiger partial charge >= 0.3 is 5.97 Å². The Morgan fingerprint density at radius 1 is 1.20 bits per heavy atom. The maximum absolute atomic E-state index is 11.6. The van der Waals surface area contributed by atoms with Crippen molar-refractivity contribution in [3.8, 4) is 0 Å². The van der Waals surface area contributed by atoms with Crippen LogP contribution in [0.5, 0.6) is 0 Å². The van der Waals surface area contributed by atoms with Gasteiger partial charge in [0.15, 0.2) is 5.92 Å². The van der Waals surface area contributed by atoms with Gasteiger partial charge < -0.3 is 10.0 Å². The standard InChI is InChI=1S/C11H13NO3/c1-12(2)10(13)9(11(14)15)8-6-4-3-5-7-8/h3-7,9H,1-2H3,(H,14,15)/t9-/m1/s1. The van der Waals surface area contributed by atoms with Crippen molar-refractivity contribution in [3.05, 3.63) is 35.9 Å². The third-order valence-corrected chi connectivity index (χ3v) is 2.07. The second kappa shape index (κ2) is 4.59. The van der Waals surface area contributed by atoms with Gasteiger partial charge in [-0.25, -0.2) is 0 Å². The number of carbonyl (C=O) groups excluding carboxylic acids is 1. The summed E-state index contributed by atoms with van der Waals surface area (Å²) in [6, 6.07) is 8.49. The minimum absolute atomic E-state index is 0.422. The van der Waals surface area contributed by atoms with Crippen LogP contribution in [0.25, 0.3) is 0 Å². The third-order valence-electron chi connectivity index (χ3n) is 2.07. The van der Waals surface area contributed by atoms with E-state index >= 15 is 0 Å². The van der Waals surface area contributed by atoms with Gasteiger partial charge in [-0.3, -0.25) is 9.59 Å². The van der Waals surface area contributed by atoms with E-state index in [0.717, 1.165) is 0 Å². The predicted molar refractivity (Wildman–Crippen MR) is 55.5 cm³/mol. The number of carboxylic acid groups (broad SMARTS) is 1. The molecule has 0 saturated heterocycles. The highest BCUT2D eigenvalue weighted by Crippen LogP contribution is 2.17. The second-order valence-corrected chi connectivity index (χ2v) is 3.41. The summed E-state index contributed by atoms with van der Waals surface area (Å²) in [5.41, 5.74) is 0.503. The molecule has 0 heterocycles. The van der Waals surface area contributed by atoms with E-state index in [0.29, 0.717) is 5.56 Å². The molecule has 0 spiro atoms. The fourth-order valence-electron chi connectivity index (χ4n) is 1.29. The van der Waals surface area contributed by atoms with Crippen molar-refractivity contribution in [2.45, 2.75) is 5.92 Å². The van der Waals surface area contributed by atoms with Crippen LogP contribution in [0, 0.1) is 0 Å². The average Bonchev–Trinajstić information content (AvgIpc) is 2.18. The molecule has 1 rings (SSSR count). The van der Waals surface area contributed by atoms with Crippen molar-refractivity contribution in [1.29, 1.82) is 0 Å². The van der Waals surface area contributed by atoms with Gasteiger partial charge in [0, 0.05) is 14.1 Å². The number of amides is 1. The molecule has 1 aromatic rings. The van der Waals surface area contributed by atoms with Gasteiger partial charge in [-0.15, -0.1) is 0 Å². The molecular weight excluding hydrogens is 194 g/mol. The average molecular weight is 207 g/mol. The number of hydrogen-bond donors (Lipinski definition) is 1. The summed E-state index contributed by atoms with van der Waals surface area (Å²) in [5.74, 6) is -2.66. The molecule has 0 bridgehead atoms. The highest BCUT2D eigenvalue weighted by molar-refractivity contribution is 6.02. The molecular formula is C11H13NO3. The number of nitrogens with zero attached hydrogens (tertiary/aromatic N) is 1. The summed E-state index contributed by atoms with van der Waals surface area (Å²) in [5, 5.41) is 9.00. The molecule has 15 heavy (non-hydrogen) atoms. The Balaban J connectivity index is 3.05. The Hall–Kier alpha value is -1.84. The number of carboxylic acids is 1. The molecule has 0 aliphatic carbocycles. The lowest BCUT2D eigenvalue weighted by Crippen LogP contribution is -2.32. The van der Waals surface area contributed by atoms with E-state index < -0.39 is 17.8 Å². The summed E-state index contributed by atoms with van der Waals surface area (Å²) >= 11 is 0. The molecule has 1 N–H and O–H groups in total. The summed E-state index contributed by atoms with van der Waals surface area (Å²) in [6.07, 6.45) is 0. The summed E-state index contributed by atoms with van der Waals surface area (Å²) in [7, 11) is 3.09. The van der Waals surface area contributed by atoms with E-state index in [9.17, 15) is 9.59 Å². The Labute approximate surface area is 88.1 Å². The first-order chi connectivity index (χ1) is 7.04. The predicted octanol–water partition coefficient (Wildman–Crippen LogP) is 0.943. The molecule has 4 heteroatoms. The van der Waals surface area contributed by atoms with Gasteiger partial charge in [-0.1, -0.05) is 30.3 Å². The molecule has 1 amide bonds. The lowest BCUT2D eigenvalue weighted by Gasteiger charge is -2.17. The van der Waals surface area contributed by atoms with Crippen LogP contribution in [0.2, 0.25) is 0 Å². The molecule has 1 atom stereocenters. The quantitative estimate of drug-likeness (QED) is 0.750. The first-order valence-corrected chi connectivity index (χ1v) is 4.53. The molecule has 0 radical (unpaired) electrons. The van der Waals surface area contributed by atoms with E-state index in [1.54, 1.807) is 44.4 Å². The largest absolute Gasteiger partial charge is 0.480 e. The van der Waals surface area contributed by atoms with Gasteiger partial charge in [-0.2, -0.15) is 0 Å². The van der Waals surface area contributed by atoms with E-state index in [-0.39, 0.29) is 0 Å². The molecule has 0 saturated carbocycles. The molecule has 0 aliphatic rings. The minimum Gasteiger partial charge on any atom is -0.480 e.